The largest absolute Gasteiger partial charge is 0.466 e. The summed E-state index contributed by atoms with van der Waals surface area (Å²) < 4.78 is 5.46. The summed E-state index contributed by atoms with van der Waals surface area (Å²) in [6.45, 7) is 4.95. The Balaban J connectivity index is 3.35. The quantitative estimate of drug-likeness (QED) is 0.0320. The van der Waals surface area contributed by atoms with E-state index in [1.807, 2.05) is 0 Å². The van der Waals surface area contributed by atoms with Crippen LogP contribution in [-0.2, 0) is 14.3 Å². The minimum atomic E-state index is -0.662. The molecule has 0 spiro atoms. The molecule has 0 aromatic carbocycles. The highest BCUT2D eigenvalue weighted by atomic mass is 16.5. The Morgan fingerprint density at radius 2 is 0.676 bits per heavy atom. The number of amides is 1. The Morgan fingerprint density at radius 1 is 0.380 bits per heavy atom. The van der Waals surface area contributed by atoms with E-state index in [9.17, 15) is 19.8 Å². The molecule has 0 rings (SSSR count). The third-order valence-corrected chi connectivity index (χ3v) is 15.3. The zero-order chi connectivity index (χ0) is 51.4. The number of aliphatic hydroxyl groups excluding tert-OH is 2. The van der Waals surface area contributed by atoms with Crippen LogP contribution in [-0.4, -0.2) is 47.4 Å². The fourth-order valence-corrected chi connectivity index (χ4v) is 10.3. The first-order valence-corrected chi connectivity index (χ1v) is 32.4. The molecule has 71 heavy (non-hydrogen) atoms. The average molecular weight is 1000 g/mol. The molecular formula is C65H127NO5. The van der Waals surface area contributed by atoms with E-state index in [1.54, 1.807) is 0 Å². The maximum absolute atomic E-state index is 12.5. The number of esters is 1. The Labute approximate surface area is 444 Å². The molecule has 0 aromatic heterocycles. The predicted octanol–water partition coefficient (Wildman–Crippen LogP) is 20.4. The lowest BCUT2D eigenvalue weighted by molar-refractivity contribution is -0.143. The number of aliphatic hydroxyl groups is 2. The van der Waals surface area contributed by atoms with Crippen LogP contribution in [0.1, 0.15) is 367 Å². The second-order valence-electron chi connectivity index (χ2n) is 22.5. The molecule has 0 saturated carbocycles. The monoisotopic (exact) mass is 1000 g/mol. The molecule has 0 fully saturated rings. The van der Waals surface area contributed by atoms with Gasteiger partial charge in [0.2, 0.25) is 5.91 Å². The van der Waals surface area contributed by atoms with E-state index in [1.165, 1.54) is 289 Å². The van der Waals surface area contributed by atoms with Crippen molar-refractivity contribution in [2.75, 3.05) is 13.2 Å². The van der Waals surface area contributed by atoms with E-state index >= 15 is 0 Å². The van der Waals surface area contributed by atoms with E-state index in [2.05, 4.69) is 31.3 Å². The van der Waals surface area contributed by atoms with Crippen LogP contribution in [0, 0.1) is 0 Å². The molecule has 422 valence electrons. The lowest BCUT2D eigenvalue weighted by Crippen LogP contribution is -2.45. The maximum atomic E-state index is 12.5. The first-order chi connectivity index (χ1) is 35.0. The van der Waals surface area contributed by atoms with E-state index in [-0.39, 0.29) is 18.5 Å². The molecule has 3 N–H and O–H groups in total. The molecule has 6 nitrogen and oxygen atoms in total. The molecule has 2 unspecified atom stereocenters. The van der Waals surface area contributed by atoms with Crippen molar-refractivity contribution in [3.8, 4) is 0 Å². The SMILES string of the molecule is CCCC/C=C\CCCCCCCC(=O)OCCCCCCCCCCCCCCCCCCCCCCCCCCCCC(=O)NC(CO)C(O)CCCCCCCCCCCCCCCCCCC. The lowest BCUT2D eigenvalue weighted by atomic mass is 10.0. The van der Waals surface area contributed by atoms with Gasteiger partial charge in [0.15, 0.2) is 0 Å². The zero-order valence-electron chi connectivity index (χ0n) is 48.2. The van der Waals surface area contributed by atoms with Crippen molar-refractivity contribution in [2.45, 2.75) is 379 Å². The van der Waals surface area contributed by atoms with Crippen LogP contribution >= 0.6 is 0 Å². The van der Waals surface area contributed by atoms with Crippen LogP contribution < -0.4 is 5.32 Å². The van der Waals surface area contributed by atoms with Crippen molar-refractivity contribution in [1.82, 2.24) is 5.32 Å². The number of hydrogen-bond acceptors (Lipinski definition) is 5. The predicted molar refractivity (Wildman–Crippen MR) is 310 cm³/mol. The van der Waals surface area contributed by atoms with Crippen molar-refractivity contribution in [1.29, 1.82) is 0 Å². The van der Waals surface area contributed by atoms with Gasteiger partial charge in [0.25, 0.3) is 0 Å². The van der Waals surface area contributed by atoms with Gasteiger partial charge in [0.05, 0.1) is 25.4 Å². The zero-order valence-corrected chi connectivity index (χ0v) is 48.2. The third-order valence-electron chi connectivity index (χ3n) is 15.3. The maximum Gasteiger partial charge on any atom is 0.305 e. The molecule has 2 atom stereocenters. The fraction of sp³-hybridized carbons (Fsp3) is 0.938. The van der Waals surface area contributed by atoms with Crippen LogP contribution in [0.3, 0.4) is 0 Å². The van der Waals surface area contributed by atoms with Gasteiger partial charge in [0, 0.05) is 12.8 Å². The second kappa shape index (κ2) is 61.1. The summed E-state index contributed by atoms with van der Waals surface area (Å²) in [5.74, 6) is -0.0225. The van der Waals surface area contributed by atoms with E-state index in [0.29, 0.717) is 25.9 Å². The number of hydrogen-bond donors (Lipinski definition) is 3. The van der Waals surface area contributed by atoms with Crippen LogP contribution in [0.5, 0.6) is 0 Å². The minimum absolute atomic E-state index is 0.00681. The summed E-state index contributed by atoms with van der Waals surface area (Å²) in [5, 5.41) is 23.3. The van der Waals surface area contributed by atoms with Crippen LogP contribution in [0.4, 0.5) is 0 Å². The van der Waals surface area contributed by atoms with Gasteiger partial charge in [-0.05, 0) is 44.9 Å². The molecule has 0 aromatic rings. The number of ether oxygens (including phenoxy) is 1. The molecule has 0 saturated heterocycles. The van der Waals surface area contributed by atoms with Gasteiger partial charge >= 0.3 is 5.97 Å². The molecular weight excluding hydrogens is 875 g/mol. The molecule has 1 amide bonds. The van der Waals surface area contributed by atoms with Crippen molar-refractivity contribution in [3.05, 3.63) is 12.2 Å². The molecule has 0 radical (unpaired) electrons. The summed E-state index contributed by atoms with van der Waals surface area (Å²) >= 11 is 0. The number of carbonyl (C=O) groups excluding carboxylic acids is 2. The van der Waals surface area contributed by atoms with Gasteiger partial charge in [-0.15, -0.1) is 0 Å². The normalized spacial score (nSPS) is 12.6. The van der Waals surface area contributed by atoms with Crippen molar-refractivity contribution >= 4 is 11.9 Å². The number of unbranched alkanes of at least 4 members (excludes halogenated alkanes) is 48. The van der Waals surface area contributed by atoms with Crippen molar-refractivity contribution < 1.29 is 24.5 Å². The van der Waals surface area contributed by atoms with Gasteiger partial charge in [-0.3, -0.25) is 9.59 Å². The fourth-order valence-electron chi connectivity index (χ4n) is 10.3. The molecule has 0 aliphatic heterocycles. The highest BCUT2D eigenvalue weighted by Crippen LogP contribution is 2.19. The van der Waals surface area contributed by atoms with Crippen LogP contribution in [0.2, 0.25) is 0 Å². The number of allylic oxidation sites excluding steroid dienone is 2. The Morgan fingerprint density at radius 3 is 1.04 bits per heavy atom. The second-order valence-corrected chi connectivity index (χ2v) is 22.5. The summed E-state index contributed by atoms with van der Waals surface area (Å²) in [6.07, 6.45) is 73.8. The lowest BCUT2D eigenvalue weighted by Gasteiger charge is -2.22. The van der Waals surface area contributed by atoms with E-state index in [0.717, 1.165) is 44.9 Å². The van der Waals surface area contributed by atoms with Gasteiger partial charge in [-0.1, -0.05) is 321 Å². The number of nitrogens with one attached hydrogen (secondary N) is 1. The van der Waals surface area contributed by atoms with Crippen LogP contribution in [0.15, 0.2) is 12.2 Å². The highest BCUT2D eigenvalue weighted by molar-refractivity contribution is 5.76. The first-order valence-electron chi connectivity index (χ1n) is 32.4. The Bertz CT molecular complexity index is 1060. The Kier molecular flexibility index (Phi) is 59.9. The summed E-state index contributed by atoms with van der Waals surface area (Å²) in [4.78, 5) is 24.5. The standard InChI is InChI=1S/C65H127NO5/c1-3-5-7-9-11-13-15-16-17-28-31-34-38-41-45-49-53-57-63(68)62(61-67)66-64(69)58-54-50-46-42-39-35-32-29-26-24-22-20-18-19-21-23-25-27-30-33-36-40-44-48-52-56-60-71-65(70)59-55-51-47-43-37-14-12-10-8-6-4-2/h10,12,62-63,67-68H,3-9,11,13-61H2,1-2H3,(H,66,69)/b12-10-. The first kappa shape index (κ1) is 69.6. The Hall–Kier alpha value is -1.40. The molecule has 0 aliphatic rings. The topological polar surface area (TPSA) is 95.9 Å². The molecule has 6 heteroatoms. The van der Waals surface area contributed by atoms with Gasteiger partial charge in [0.1, 0.15) is 0 Å². The van der Waals surface area contributed by atoms with Gasteiger partial charge in [-0.25, -0.2) is 0 Å². The highest BCUT2D eigenvalue weighted by Gasteiger charge is 2.20. The van der Waals surface area contributed by atoms with E-state index in [4.69, 9.17) is 4.74 Å². The van der Waals surface area contributed by atoms with Crippen LogP contribution in [0.25, 0.3) is 0 Å². The summed E-state index contributed by atoms with van der Waals surface area (Å²) in [7, 11) is 0. The average Bonchev–Trinajstić information content (AvgIpc) is 3.37. The number of carbonyl (C=O) groups is 2. The summed E-state index contributed by atoms with van der Waals surface area (Å²) in [5.41, 5.74) is 0. The third kappa shape index (κ3) is 57.7. The molecule has 0 aliphatic carbocycles. The molecule has 0 heterocycles. The smallest absolute Gasteiger partial charge is 0.305 e. The molecule has 0 bridgehead atoms. The summed E-state index contributed by atoms with van der Waals surface area (Å²) in [6, 6.07) is -0.539. The van der Waals surface area contributed by atoms with Gasteiger partial charge in [-0.2, -0.15) is 0 Å². The minimum Gasteiger partial charge on any atom is -0.466 e. The van der Waals surface area contributed by atoms with Gasteiger partial charge < -0.3 is 20.3 Å². The van der Waals surface area contributed by atoms with Crippen molar-refractivity contribution in [2.24, 2.45) is 0 Å². The van der Waals surface area contributed by atoms with Crippen molar-refractivity contribution in [3.63, 3.8) is 0 Å². The van der Waals surface area contributed by atoms with E-state index < -0.39 is 12.1 Å². The number of rotatable bonds is 61.